The number of nitrogens with two attached hydrogens (primary N) is 1. The molecule has 0 aliphatic carbocycles. The molecule has 1 heterocycles. The smallest absolute Gasteiger partial charge is 0.124 e. The number of aromatic nitrogens is 2. The molecule has 78 valence electrons. The number of halogens is 2. The van der Waals surface area contributed by atoms with Crippen LogP contribution in [0.25, 0.3) is 5.69 Å². The van der Waals surface area contributed by atoms with Crippen LogP contribution in [0.3, 0.4) is 0 Å². The van der Waals surface area contributed by atoms with Gasteiger partial charge in [-0.3, -0.25) is 0 Å². The summed E-state index contributed by atoms with van der Waals surface area (Å²) in [6.45, 7) is 0.367. The molecule has 0 aliphatic heterocycles. The van der Waals surface area contributed by atoms with Gasteiger partial charge < -0.3 is 5.73 Å². The van der Waals surface area contributed by atoms with Crippen molar-refractivity contribution >= 4 is 11.6 Å². The molecule has 2 N–H and O–H groups in total. The maximum atomic E-state index is 12.8. The molecule has 0 amide bonds. The first kappa shape index (κ1) is 10.1. The third kappa shape index (κ3) is 2.00. The monoisotopic (exact) mass is 225 g/mol. The van der Waals surface area contributed by atoms with Crippen molar-refractivity contribution in [2.45, 2.75) is 6.54 Å². The van der Waals surface area contributed by atoms with Crippen molar-refractivity contribution in [3.05, 3.63) is 47.0 Å². The Kier molecular flexibility index (Phi) is 2.70. The molecule has 0 unspecified atom stereocenters. The summed E-state index contributed by atoms with van der Waals surface area (Å²) in [6.07, 6.45) is 1.74. The van der Waals surface area contributed by atoms with Gasteiger partial charge in [0.25, 0.3) is 0 Å². The van der Waals surface area contributed by atoms with Gasteiger partial charge in [-0.25, -0.2) is 9.07 Å². The number of hydrogen-bond acceptors (Lipinski definition) is 2. The van der Waals surface area contributed by atoms with Gasteiger partial charge in [-0.05, 0) is 24.3 Å². The van der Waals surface area contributed by atoms with E-state index in [0.717, 1.165) is 5.69 Å². The standard InChI is InChI=1S/C10H9ClFN3/c11-9-5-7(12)1-2-10(9)15-4-3-8(6-13)14-15/h1-5H,6,13H2. The van der Waals surface area contributed by atoms with Crippen molar-refractivity contribution in [1.82, 2.24) is 9.78 Å². The molecular weight excluding hydrogens is 217 g/mol. The van der Waals surface area contributed by atoms with Crippen LogP contribution in [-0.4, -0.2) is 9.78 Å². The van der Waals surface area contributed by atoms with Crippen molar-refractivity contribution < 1.29 is 4.39 Å². The molecule has 0 saturated heterocycles. The van der Waals surface area contributed by atoms with Crippen LogP contribution in [0.5, 0.6) is 0 Å². The summed E-state index contributed by atoms with van der Waals surface area (Å²) in [4.78, 5) is 0. The summed E-state index contributed by atoms with van der Waals surface area (Å²) >= 11 is 5.88. The highest BCUT2D eigenvalue weighted by Gasteiger charge is 2.05. The molecule has 0 fully saturated rings. The number of benzene rings is 1. The van der Waals surface area contributed by atoms with E-state index in [1.165, 1.54) is 12.1 Å². The molecule has 5 heteroatoms. The van der Waals surface area contributed by atoms with Gasteiger partial charge in [0.05, 0.1) is 16.4 Å². The van der Waals surface area contributed by atoms with Crippen molar-refractivity contribution in [3.63, 3.8) is 0 Å². The average molecular weight is 226 g/mol. The predicted octanol–water partition coefficient (Wildman–Crippen LogP) is 2.12. The molecular formula is C10H9ClFN3. The van der Waals surface area contributed by atoms with Crippen LogP contribution < -0.4 is 5.73 Å². The summed E-state index contributed by atoms with van der Waals surface area (Å²) in [6, 6.07) is 5.95. The van der Waals surface area contributed by atoms with Crippen LogP contribution in [0.1, 0.15) is 5.69 Å². The van der Waals surface area contributed by atoms with E-state index < -0.39 is 0 Å². The Morgan fingerprint density at radius 1 is 1.40 bits per heavy atom. The van der Waals surface area contributed by atoms with Crippen LogP contribution in [-0.2, 0) is 6.54 Å². The van der Waals surface area contributed by atoms with Gasteiger partial charge in [-0.15, -0.1) is 0 Å². The molecule has 0 radical (unpaired) electrons. The SMILES string of the molecule is NCc1ccn(-c2ccc(F)cc2Cl)n1. The van der Waals surface area contributed by atoms with E-state index in [-0.39, 0.29) is 5.82 Å². The molecule has 0 atom stereocenters. The normalized spacial score (nSPS) is 10.6. The lowest BCUT2D eigenvalue weighted by Gasteiger charge is -2.03. The van der Waals surface area contributed by atoms with Gasteiger partial charge >= 0.3 is 0 Å². The van der Waals surface area contributed by atoms with Gasteiger partial charge in [-0.2, -0.15) is 5.10 Å². The second-order valence-electron chi connectivity index (χ2n) is 3.05. The first-order chi connectivity index (χ1) is 7.20. The molecule has 0 aliphatic rings. The zero-order valence-corrected chi connectivity index (χ0v) is 8.58. The fourth-order valence-corrected chi connectivity index (χ4v) is 1.53. The fraction of sp³-hybridized carbons (Fsp3) is 0.100. The Labute approximate surface area is 91.3 Å². The van der Waals surface area contributed by atoms with E-state index in [1.807, 2.05) is 0 Å². The van der Waals surface area contributed by atoms with Crippen molar-refractivity contribution in [2.75, 3.05) is 0 Å². The van der Waals surface area contributed by atoms with Crippen LogP contribution in [0.15, 0.2) is 30.5 Å². The molecule has 15 heavy (non-hydrogen) atoms. The van der Waals surface area contributed by atoms with Gasteiger partial charge in [0.15, 0.2) is 0 Å². The van der Waals surface area contributed by atoms with E-state index >= 15 is 0 Å². The Morgan fingerprint density at radius 3 is 2.80 bits per heavy atom. The second-order valence-corrected chi connectivity index (χ2v) is 3.46. The summed E-state index contributed by atoms with van der Waals surface area (Å²) < 4.78 is 14.4. The summed E-state index contributed by atoms with van der Waals surface area (Å²) in [7, 11) is 0. The molecule has 1 aromatic carbocycles. The lowest BCUT2D eigenvalue weighted by atomic mass is 10.3. The number of hydrogen-bond donors (Lipinski definition) is 1. The highest BCUT2D eigenvalue weighted by atomic mass is 35.5. The highest BCUT2D eigenvalue weighted by Crippen LogP contribution is 2.20. The fourth-order valence-electron chi connectivity index (χ4n) is 1.27. The molecule has 1 aromatic heterocycles. The zero-order chi connectivity index (χ0) is 10.8. The van der Waals surface area contributed by atoms with Crippen LogP contribution in [0.2, 0.25) is 5.02 Å². The Morgan fingerprint density at radius 2 is 2.20 bits per heavy atom. The second kappa shape index (κ2) is 4.00. The van der Waals surface area contributed by atoms with Crippen LogP contribution in [0.4, 0.5) is 4.39 Å². The maximum absolute atomic E-state index is 12.8. The lowest BCUT2D eigenvalue weighted by molar-refractivity contribution is 0.627. The van der Waals surface area contributed by atoms with Crippen molar-refractivity contribution in [1.29, 1.82) is 0 Å². The Bertz CT molecular complexity index is 481. The molecule has 0 bridgehead atoms. The lowest BCUT2D eigenvalue weighted by Crippen LogP contribution is -2.01. The van der Waals surface area contributed by atoms with Crippen LogP contribution in [0, 0.1) is 5.82 Å². The topological polar surface area (TPSA) is 43.8 Å². The van der Waals surface area contributed by atoms with Gasteiger partial charge in [0, 0.05) is 12.7 Å². The highest BCUT2D eigenvalue weighted by molar-refractivity contribution is 6.32. The minimum atomic E-state index is -0.366. The molecule has 2 rings (SSSR count). The van der Waals surface area contributed by atoms with E-state index in [9.17, 15) is 4.39 Å². The third-order valence-corrected chi connectivity index (χ3v) is 2.31. The minimum Gasteiger partial charge on any atom is -0.325 e. The molecule has 0 spiro atoms. The summed E-state index contributed by atoms with van der Waals surface area (Å²) in [5, 5.41) is 4.50. The first-order valence-electron chi connectivity index (χ1n) is 4.41. The van der Waals surface area contributed by atoms with E-state index in [1.54, 1.807) is 23.0 Å². The first-order valence-corrected chi connectivity index (χ1v) is 4.78. The zero-order valence-electron chi connectivity index (χ0n) is 7.82. The third-order valence-electron chi connectivity index (χ3n) is 2.01. The van der Waals surface area contributed by atoms with E-state index in [0.29, 0.717) is 17.3 Å². The quantitative estimate of drug-likeness (QED) is 0.851. The van der Waals surface area contributed by atoms with Gasteiger partial charge in [-0.1, -0.05) is 11.6 Å². The Hall–Kier alpha value is -1.39. The van der Waals surface area contributed by atoms with Gasteiger partial charge in [0.1, 0.15) is 5.82 Å². The minimum absolute atomic E-state index is 0.321. The molecule has 0 saturated carbocycles. The molecule has 2 aromatic rings. The van der Waals surface area contributed by atoms with Crippen molar-refractivity contribution in [2.24, 2.45) is 5.73 Å². The van der Waals surface area contributed by atoms with Gasteiger partial charge in [0.2, 0.25) is 0 Å². The van der Waals surface area contributed by atoms with Crippen LogP contribution >= 0.6 is 11.6 Å². The number of rotatable bonds is 2. The van der Waals surface area contributed by atoms with E-state index in [4.69, 9.17) is 17.3 Å². The predicted molar refractivity (Wildman–Crippen MR) is 56.4 cm³/mol. The molecule has 3 nitrogen and oxygen atoms in total. The largest absolute Gasteiger partial charge is 0.325 e. The summed E-state index contributed by atoms with van der Waals surface area (Å²) in [5.74, 6) is -0.366. The Balaban J connectivity index is 2.44. The van der Waals surface area contributed by atoms with Crippen molar-refractivity contribution in [3.8, 4) is 5.69 Å². The summed E-state index contributed by atoms with van der Waals surface area (Å²) in [5.41, 5.74) is 6.83. The van der Waals surface area contributed by atoms with E-state index in [2.05, 4.69) is 5.10 Å². The number of nitrogens with zero attached hydrogens (tertiary/aromatic N) is 2. The average Bonchev–Trinajstić information content (AvgIpc) is 2.66. The maximum Gasteiger partial charge on any atom is 0.124 e.